The van der Waals surface area contributed by atoms with Crippen LogP contribution in [0.3, 0.4) is 0 Å². The maximum atomic E-state index is 12.6. The zero-order valence-electron chi connectivity index (χ0n) is 25.5. The van der Waals surface area contributed by atoms with Crippen molar-refractivity contribution >= 4 is 11.8 Å². The highest BCUT2D eigenvalue weighted by atomic mass is 16.6. The molecule has 0 aromatic heterocycles. The van der Waals surface area contributed by atoms with E-state index in [0.717, 1.165) is 5.75 Å². The minimum absolute atomic E-state index is 0.0440. The molecule has 0 aliphatic heterocycles. The Morgan fingerprint density at radius 2 is 1.09 bits per heavy atom. The number of nitrogens with zero attached hydrogens (tertiary/aromatic N) is 1. The molecule has 10 heteroatoms. The van der Waals surface area contributed by atoms with Gasteiger partial charge in [-0.15, -0.1) is 0 Å². The molecule has 3 aromatic rings. The fraction of sp³-hybridized carbons (Fsp3) is 0.441. The van der Waals surface area contributed by atoms with E-state index in [1.165, 1.54) is 27.2 Å². The number of benzene rings is 3. The van der Waals surface area contributed by atoms with E-state index in [0.29, 0.717) is 91.5 Å². The number of ether oxygens (including phenoxy) is 7. The highest BCUT2D eigenvalue weighted by molar-refractivity contribution is 5.79. The lowest BCUT2D eigenvalue weighted by Crippen LogP contribution is -2.32. The van der Waals surface area contributed by atoms with Gasteiger partial charge in [0.1, 0.15) is 19.0 Å². The number of anilines is 1. The summed E-state index contributed by atoms with van der Waals surface area (Å²) in [6, 6.07) is 23.8. The third kappa shape index (κ3) is 10.8. The monoisotopic (exact) mass is 608 g/mol. The molecule has 0 saturated heterocycles. The lowest BCUT2D eigenvalue weighted by Gasteiger charge is -2.19. The van der Waals surface area contributed by atoms with Crippen molar-refractivity contribution in [3.05, 3.63) is 83.9 Å². The van der Waals surface area contributed by atoms with E-state index in [-0.39, 0.29) is 12.0 Å². The summed E-state index contributed by atoms with van der Waals surface area (Å²) in [6.45, 7) is 5.90. The SMILES string of the molecule is CN(CCOCCOCCOCCOCCOCCOc1ccc(N)cc1)C(=O)OCC1c2ccccc2-c2ccccc21. The maximum Gasteiger partial charge on any atom is 0.409 e. The molecule has 1 aliphatic carbocycles. The second-order valence-electron chi connectivity index (χ2n) is 10.2. The van der Waals surface area contributed by atoms with E-state index < -0.39 is 0 Å². The number of carbonyl (C=O) groups is 1. The molecule has 0 radical (unpaired) electrons. The van der Waals surface area contributed by atoms with Gasteiger partial charge in [0.25, 0.3) is 0 Å². The first-order valence-electron chi connectivity index (χ1n) is 15.1. The van der Waals surface area contributed by atoms with Gasteiger partial charge in [0.05, 0.1) is 66.1 Å². The minimum Gasteiger partial charge on any atom is -0.491 e. The summed E-state index contributed by atoms with van der Waals surface area (Å²) in [5.41, 5.74) is 11.2. The Morgan fingerprint density at radius 1 is 0.636 bits per heavy atom. The van der Waals surface area contributed by atoms with Gasteiger partial charge in [0.2, 0.25) is 0 Å². The first kappa shape index (κ1) is 33.2. The van der Waals surface area contributed by atoms with Gasteiger partial charge in [0, 0.05) is 25.2 Å². The van der Waals surface area contributed by atoms with Crippen LogP contribution in [0.15, 0.2) is 72.8 Å². The molecule has 44 heavy (non-hydrogen) atoms. The smallest absolute Gasteiger partial charge is 0.409 e. The average Bonchev–Trinajstić information content (AvgIpc) is 3.37. The van der Waals surface area contributed by atoms with Gasteiger partial charge in [-0.1, -0.05) is 48.5 Å². The van der Waals surface area contributed by atoms with Crippen molar-refractivity contribution in [3.8, 4) is 16.9 Å². The molecule has 0 spiro atoms. The zero-order valence-corrected chi connectivity index (χ0v) is 25.5. The van der Waals surface area contributed by atoms with E-state index in [2.05, 4.69) is 24.3 Å². The summed E-state index contributed by atoms with van der Waals surface area (Å²) >= 11 is 0. The highest BCUT2D eigenvalue weighted by Crippen LogP contribution is 2.44. The quantitative estimate of drug-likeness (QED) is 0.137. The van der Waals surface area contributed by atoms with Crippen molar-refractivity contribution < 1.29 is 38.0 Å². The van der Waals surface area contributed by atoms with Crippen LogP contribution in [-0.2, 0) is 28.4 Å². The Labute approximate surface area is 259 Å². The fourth-order valence-electron chi connectivity index (χ4n) is 4.76. The van der Waals surface area contributed by atoms with Crippen LogP contribution in [-0.4, -0.2) is 104 Å². The predicted molar refractivity (Wildman–Crippen MR) is 168 cm³/mol. The van der Waals surface area contributed by atoms with E-state index in [1.807, 2.05) is 36.4 Å². The topological polar surface area (TPSA) is 111 Å². The molecule has 0 unspecified atom stereocenters. The van der Waals surface area contributed by atoms with Crippen LogP contribution < -0.4 is 10.5 Å². The van der Waals surface area contributed by atoms with Crippen molar-refractivity contribution in [2.45, 2.75) is 5.92 Å². The van der Waals surface area contributed by atoms with Gasteiger partial charge >= 0.3 is 6.09 Å². The summed E-state index contributed by atoms with van der Waals surface area (Å²) in [5.74, 6) is 0.811. The fourth-order valence-corrected chi connectivity index (χ4v) is 4.76. The zero-order chi connectivity index (χ0) is 30.8. The van der Waals surface area contributed by atoms with Gasteiger partial charge in [-0.3, -0.25) is 0 Å². The van der Waals surface area contributed by atoms with E-state index in [1.54, 1.807) is 19.2 Å². The first-order chi connectivity index (χ1) is 21.6. The van der Waals surface area contributed by atoms with E-state index in [9.17, 15) is 4.79 Å². The van der Waals surface area contributed by atoms with E-state index >= 15 is 0 Å². The number of fused-ring (bicyclic) bond motifs is 3. The summed E-state index contributed by atoms with van der Waals surface area (Å²) < 4.78 is 38.8. The summed E-state index contributed by atoms with van der Waals surface area (Å²) in [5, 5.41) is 0. The Hall–Kier alpha value is -3.67. The number of carbonyl (C=O) groups excluding carboxylic acids is 1. The normalized spacial score (nSPS) is 12.1. The number of amides is 1. The van der Waals surface area contributed by atoms with Crippen LogP contribution in [0.2, 0.25) is 0 Å². The van der Waals surface area contributed by atoms with Crippen molar-refractivity contribution in [2.75, 3.05) is 98.6 Å². The second kappa shape index (κ2) is 18.9. The van der Waals surface area contributed by atoms with Crippen molar-refractivity contribution in [1.29, 1.82) is 0 Å². The van der Waals surface area contributed by atoms with Gasteiger partial charge in [-0.05, 0) is 46.5 Å². The number of hydrogen-bond acceptors (Lipinski definition) is 9. The van der Waals surface area contributed by atoms with Gasteiger partial charge in [-0.25, -0.2) is 4.79 Å². The predicted octanol–water partition coefficient (Wildman–Crippen LogP) is 4.61. The van der Waals surface area contributed by atoms with Crippen LogP contribution in [0.4, 0.5) is 10.5 Å². The number of hydrogen-bond donors (Lipinski definition) is 1. The number of rotatable bonds is 21. The molecule has 1 aliphatic rings. The highest BCUT2D eigenvalue weighted by Gasteiger charge is 2.29. The molecule has 0 saturated carbocycles. The molecule has 0 heterocycles. The lowest BCUT2D eigenvalue weighted by molar-refractivity contribution is -0.0135. The van der Waals surface area contributed by atoms with Gasteiger partial charge in [0.15, 0.2) is 0 Å². The molecule has 0 fully saturated rings. The molecule has 3 aromatic carbocycles. The molecule has 2 N–H and O–H groups in total. The number of nitrogen functional groups attached to an aromatic ring is 1. The van der Waals surface area contributed by atoms with Crippen LogP contribution in [0.1, 0.15) is 17.0 Å². The molecule has 10 nitrogen and oxygen atoms in total. The van der Waals surface area contributed by atoms with Gasteiger partial charge < -0.3 is 43.8 Å². The number of likely N-dealkylation sites (N-methyl/N-ethyl adjacent to an activating group) is 1. The molecular formula is C34H44N2O8. The molecule has 0 bridgehead atoms. The molecule has 238 valence electrons. The van der Waals surface area contributed by atoms with Crippen LogP contribution in [0, 0.1) is 0 Å². The van der Waals surface area contributed by atoms with E-state index in [4.69, 9.17) is 38.9 Å². The summed E-state index contributed by atoms with van der Waals surface area (Å²) in [6.07, 6.45) is -0.361. The molecular weight excluding hydrogens is 564 g/mol. The third-order valence-electron chi connectivity index (χ3n) is 7.08. The maximum absolute atomic E-state index is 12.6. The largest absolute Gasteiger partial charge is 0.491 e. The molecule has 0 atom stereocenters. The summed E-state index contributed by atoms with van der Waals surface area (Å²) in [7, 11) is 1.71. The van der Waals surface area contributed by atoms with Crippen LogP contribution in [0.25, 0.3) is 11.1 Å². The molecule has 4 rings (SSSR count). The first-order valence-corrected chi connectivity index (χ1v) is 15.1. The van der Waals surface area contributed by atoms with Crippen molar-refractivity contribution in [3.63, 3.8) is 0 Å². The number of nitrogens with two attached hydrogens (primary N) is 1. The minimum atomic E-state index is -0.361. The summed E-state index contributed by atoms with van der Waals surface area (Å²) in [4.78, 5) is 14.1. The standard InChI is InChI=1S/C34H44N2O8/c1-36(34(37)44-26-33-31-8-4-2-6-29(31)30-7-3-5-9-32(30)33)14-15-38-16-17-39-18-19-40-20-21-41-22-23-42-24-25-43-28-12-10-27(35)11-13-28/h2-13,33H,14-26,35H2,1H3. The van der Waals surface area contributed by atoms with Crippen LogP contribution >= 0.6 is 0 Å². The molecule has 1 amide bonds. The second-order valence-corrected chi connectivity index (χ2v) is 10.2. The Morgan fingerprint density at radius 3 is 1.61 bits per heavy atom. The van der Waals surface area contributed by atoms with Crippen LogP contribution in [0.5, 0.6) is 5.75 Å². The lowest BCUT2D eigenvalue weighted by atomic mass is 9.98. The Balaban J connectivity index is 0.913. The Bertz CT molecular complexity index is 1210. The Kier molecular flexibility index (Phi) is 14.3. The third-order valence-corrected chi connectivity index (χ3v) is 7.08. The van der Waals surface area contributed by atoms with Crippen molar-refractivity contribution in [2.24, 2.45) is 0 Å². The average molecular weight is 609 g/mol. The van der Waals surface area contributed by atoms with Gasteiger partial charge in [-0.2, -0.15) is 0 Å². The van der Waals surface area contributed by atoms with Crippen molar-refractivity contribution in [1.82, 2.24) is 4.90 Å².